The van der Waals surface area contributed by atoms with Crippen molar-refractivity contribution in [1.29, 1.82) is 0 Å². The summed E-state index contributed by atoms with van der Waals surface area (Å²) < 4.78 is 4.11. The molecule has 3 aromatic rings. The molecule has 0 saturated carbocycles. The monoisotopic (exact) mass is 436 g/mol. The van der Waals surface area contributed by atoms with Gasteiger partial charge in [-0.2, -0.15) is 14.7 Å². The number of nitrogens with one attached hydrogen (secondary N) is 3. The van der Waals surface area contributed by atoms with Crippen LogP contribution in [0.15, 0.2) is 18.5 Å². The van der Waals surface area contributed by atoms with Crippen LogP contribution in [0.4, 0.5) is 11.6 Å². The topological polar surface area (TPSA) is 84.1 Å². The van der Waals surface area contributed by atoms with Crippen molar-refractivity contribution >= 4 is 17.3 Å². The van der Waals surface area contributed by atoms with Gasteiger partial charge in [0, 0.05) is 42.5 Å². The van der Waals surface area contributed by atoms with Crippen molar-refractivity contribution in [3.05, 3.63) is 35.3 Å². The molecule has 0 unspecified atom stereocenters. The summed E-state index contributed by atoms with van der Waals surface area (Å²) >= 11 is 0. The second-order valence-corrected chi connectivity index (χ2v) is 10.6. The van der Waals surface area contributed by atoms with E-state index in [1.54, 1.807) is 0 Å². The third-order valence-corrected chi connectivity index (χ3v) is 6.87. The van der Waals surface area contributed by atoms with Gasteiger partial charge in [0.25, 0.3) is 0 Å². The molecule has 0 aliphatic carbocycles. The molecule has 8 nitrogen and oxygen atoms in total. The van der Waals surface area contributed by atoms with Gasteiger partial charge < -0.3 is 16.0 Å². The summed E-state index contributed by atoms with van der Waals surface area (Å²) in [6, 6.07) is 2.10. The molecule has 32 heavy (non-hydrogen) atoms. The first-order valence-corrected chi connectivity index (χ1v) is 12.0. The summed E-state index contributed by atoms with van der Waals surface area (Å²) in [7, 11) is 0. The number of fused-ring (bicyclic) bond motifs is 2. The van der Waals surface area contributed by atoms with Gasteiger partial charge in [0.15, 0.2) is 5.65 Å². The Morgan fingerprint density at radius 2 is 1.97 bits per heavy atom. The Morgan fingerprint density at radius 3 is 2.75 bits per heavy atom. The van der Waals surface area contributed by atoms with Crippen LogP contribution in [0.5, 0.6) is 0 Å². The number of anilines is 2. The molecule has 0 spiro atoms. The Bertz CT molecular complexity index is 1090. The SMILES string of the molecule is CC(C)c1cnn2c(NCc3cnn4c3CC(C)(C)C4)cc(NCC3CCNCC3)nc12. The van der Waals surface area contributed by atoms with Crippen molar-refractivity contribution < 1.29 is 0 Å². The number of hydrogen-bond acceptors (Lipinski definition) is 6. The lowest BCUT2D eigenvalue weighted by atomic mass is 9.90. The van der Waals surface area contributed by atoms with E-state index in [1.807, 2.05) is 16.9 Å². The van der Waals surface area contributed by atoms with Crippen LogP contribution in [0.2, 0.25) is 0 Å². The lowest BCUT2D eigenvalue weighted by Gasteiger charge is -2.23. The molecular weight excluding hydrogens is 400 g/mol. The molecule has 2 aliphatic heterocycles. The highest BCUT2D eigenvalue weighted by molar-refractivity contribution is 5.61. The van der Waals surface area contributed by atoms with E-state index < -0.39 is 0 Å². The van der Waals surface area contributed by atoms with E-state index in [2.05, 4.69) is 64.6 Å². The second kappa shape index (κ2) is 8.39. The maximum atomic E-state index is 4.94. The lowest BCUT2D eigenvalue weighted by Crippen LogP contribution is -2.31. The molecule has 3 aromatic heterocycles. The smallest absolute Gasteiger partial charge is 0.163 e. The lowest BCUT2D eigenvalue weighted by molar-refractivity contribution is 0.346. The van der Waals surface area contributed by atoms with Crippen LogP contribution in [0, 0.1) is 11.3 Å². The highest BCUT2D eigenvalue weighted by Crippen LogP contribution is 2.33. The maximum absolute atomic E-state index is 4.94. The largest absolute Gasteiger partial charge is 0.370 e. The number of hydrogen-bond donors (Lipinski definition) is 3. The van der Waals surface area contributed by atoms with Gasteiger partial charge in [-0.25, -0.2) is 4.98 Å². The van der Waals surface area contributed by atoms with Crippen LogP contribution in [0.1, 0.15) is 63.3 Å². The first kappa shape index (κ1) is 21.2. The van der Waals surface area contributed by atoms with E-state index in [0.29, 0.717) is 11.8 Å². The highest BCUT2D eigenvalue weighted by Gasteiger charge is 2.31. The third kappa shape index (κ3) is 4.20. The molecule has 1 saturated heterocycles. The summed E-state index contributed by atoms with van der Waals surface area (Å²) in [5.74, 6) is 2.95. The number of nitrogens with zero attached hydrogens (tertiary/aromatic N) is 5. The van der Waals surface area contributed by atoms with Crippen LogP contribution in [0.25, 0.3) is 5.65 Å². The van der Waals surface area contributed by atoms with Gasteiger partial charge in [-0.05, 0) is 49.6 Å². The van der Waals surface area contributed by atoms with Gasteiger partial charge in [-0.1, -0.05) is 27.7 Å². The Labute approximate surface area is 190 Å². The van der Waals surface area contributed by atoms with Crippen molar-refractivity contribution in [2.75, 3.05) is 30.3 Å². The van der Waals surface area contributed by atoms with E-state index >= 15 is 0 Å². The summed E-state index contributed by atoms with van der Waals surface area (Å²) in [6.45, 7) is 13.9. The minimum Gasteiger partial charge on any atom is -0.370 e. The van der Waals surface area contributed by atoms with E-state index in [-0.39, 0.29) is 5.41 Å². The molecule has 0 radical (unpaired) electrons. The fraction of sp³-hybridized carbons (Fsp3) is 0.625. The number of rotatable bonds is 7. The van der Waals surface area contributed by atoms with Gasteiger partial charge in [0.2, 0.25) is 0 Å². The summed E-state index contributed by atoms with van der Waals surface area (Å²) in [6.07, 6.45) is 7.46. The first-order valence-electron chi connectivity index (χ1n) is 12.0. The number of piperidine rings is 1. The highest BCUT2D eigenvalue weighted by atomic mass is 15.3. The van der Waals surface area contributed by atoms with Crippen LogP contribution < -0.4 is 16.0 Å². The molecule has 2 aliphatic rings. The fourth-order valence-corrected chi connectivity index (χ4v) is 4.98. The molecular formula is C24H36N8. The number of aromatic nitrogens is 5. The normalized spacial score (nSPS) is 18.4. The van der Waals surface area contributed by atoms with Gasteiger partial charge in [0.1, 0.15) is 11.6 Å². The van der Waals surface area contributed by atoms with Crippen LogP contribution >= 0.6 is 0 Å². The predicted octanol–water partition coefficient (Wildman–Crippen LogP) is 3.66. The van der Waals surface area contributed by atoms with Crippen molar-refractivity contribution in [2.45, 2.75) is 66.0 Å². The van der Waals surface area contributed by atoms with Crippen LogP contribution in [-0.4, -0.2) is 44.0 Å². The quantitative estimate of drug-likeness (QED) is 0.524. The molecule has 5 rings (SSSR count). The summed E-state index contributed by atoms with van der Waals surface area (Å²) in [4.78, 5) is 4.94. The van der Waals surface area contributed by atoms with E-state index in [1.165, 1.54) is 29.7 Å². The Balaban J connectivity index is 1.39. The van der Waals surface area contributed by atoms with Crippen molar-refractivity contribution in [1.82, 2.24) is 29.7 Å². The first-order chi connectivity index (χ1) is 15.4. The van der Waals surface area contributed by atoms with E-state index in [4.69, 9.17) is 4.98 Å². The minimum atomic E-state index is 0.280. The van der Waals surface area contributed by atoms with Crippen molar-refractivity contribution in [3.63, 3.8) is 0 Å². The molecule has 0 amide bonds. The van der Waals surface area contributed by atoms with Crippen LogP contribution in [-0.2, 0) is 19.5 Å². The Morgan fingerprint density at radius 1 is 1.16 bits per heavy atom. The Hall–Kier alpha value is -2.61. The van der Waals surface area contributed by atoms with E-state index in [9.17, 15) is 0 Å². The molecule has 3 N–H and O–H groups in total. The molecule has 0 bridgehead atoms. The molecule has 0 atom stereocenters. The third-order valence-electron chi connectivity index (χ3n) is 6.87. The van der Waals surface area contributed by atoms with Crippen molar-refractivity contribution in [2.24, 2.45) is 11.3 Å². The zero-order chi connectivity index (χ0) is 22.3. The van der Waals surface area contributed by atoms with Gasteiger partial charge >= 0.3 is 0 Å². The van der Waals surface area contributed by atoms with Gasteiger partial charge in [-0.15, -0.1) is 0 Å². The zero-order valence-electron chi connectivity index (χ0n) is 19.8. The minimum absolute atomic E-state index is 0.280. The standard InChI is InChI=1S/C24H36N8/c1-16(2)19-14-29-32-22(27-12-18-13-28-31-15-24(3,4)10-20(18)31)9-21(30-23(19)32)26-11-17-5-7-25-8-6-17/h9,13-14,16-17,25,27H,5-8,10-12,15H2,1-4H3,(H,26,30). The molecule has 172 valence electrons. The summed E-state index contributed by atoms with van der Waals surface area (Å²) in [5, 5.41) is 20.0. The average molecular weight is 437 g/mol. The maximum Gasteiger partial charge on any atom is 0.163 e. The molecule has 5 heterocycles. The van der Waals surface area contributed by atoms with Gasteiger partial charge in [0.05, 0.1) is 12.4 Å². The zero-order valence-corrected chi connectivity index (χ0v) is 19.8. The average Bonchev–Trinajstić information content (AvgIpc) is 3.43. The molecule has 1 fully saturated rings. The van der Waals surface area contributed by atoms with Crippen LogP contribution in [0.3, 0.4) is 0 Å². The predicted molar refractivity (Wildman–Crippen MR) is 128 cm³/mol. The van der Waals surface area contributed by atoms with E-state index in [0.717, 1.165) is 56.4 Å². The summed E-state index contributed by atoms with van der Waals surface area (Å²) in [5.41, 5.74) is 5.00. The molecule has 8 heteroatoms. The van der Waals surface area contributed by atoms with Gasteiger partial charge in [-0.3, -0.25) is 4.68 Å². The Kier molecular flexibility index (Phi) is 5.57. The molecule has 0 aromatic carbocycles. The van der Waals surface area contributed by atoms with Crippen molar-refractivity contribution in [3.8, 4) is 0 Å². The fourth-order valence-electron chi connectivity index (χ4n) is 4.98. The second-order valence-electron chi connectivity index (χ2n) is 10.6.